The Balaban J connectivity index is 1.60. The Labute approximate surface area is 230 Å². The summed E-state index contributed by atoms with van der Waals surface area (Å²) in [6, 6.07) is 3.66. The van der Waals surface area contributed by atoms with Gasteiger partial charge < -0.3 is 21.5 Å². The number of primary amides is 1. The van der Waals surface area contributed by atoms with E-state index in [1.165, 1.54) is 18.2 Å². The number of carbonyl (C=O) groups excluding carboxylic acids is 3. The maximum absolute atomic E-state index is 13.9. The van der Waals surface area contributed by atoms with E-state index in [9.17, 15) is 27.6 Å². The van der Waals surface area contributed by atoms with Crippen molar-refractivity contribution in [1.82, 2.24) is 9.78 Å². The van der Waals surface area contributed by atoms with Gasteiger partial charge in [0.25, 0.3) is 5.91 Å². The first-order valence-corrected chi connectivity index (χ1v) is 13.5. The number of nitrogens with zero attached hydrogens (tertiary/aromatic N) is 2. The molecule has 1 atom stereocenters. The van der Waals surface area contributed by atoms with Crippen LogP contribution in [0, 0.1) is 11.3 Å². The molecule has 0 bridgehead atoms. The van der Waals surface area contributed by atoms with Crippen LogP contribution >= 0.6 is 0 Å². The van der Waals surface area contributed by atoms with Crippen LogP contribution in [0.2, 0.25) is 0 Å². The van der Waals surface area contributed by atoms with Crippen molar-refractivity contribution < 1.29 is 32.3 Å². The number of rotatable bonds is 7. The lowest BCUT2D eigenvalue weighted by Gasteiger charge is -2.31. The lowest BCUT2D eigenvalue weighted by Crippen LogP contribution is -2.40. The first kappa shape index (κ1) is 29.6. The number of nitrogens with two attached hydrogens (primary N) is 2. The van der Waals surface area contributed by atoms with E-state index in [1.54, 1.807) is 0 Å². The number of ether oxygens (including phenoxy) is 1. The molecular formula is C28H36F3N5O4. The molecule has 0 radical (unpaired) electrons. The Bertz CT molecular complexity index is 1310. The zero-order valence-corrected chi connectivity index (χ0v) is 23.1. The second-order valence-electron chi connectivity index (χ2n) is 11.9. The van der Waals surface area contributed by atoms with Crippen molar-refractivity contribution >= 4 is 23.3 Å². The van der Waals surface area contributed by atoms with Crippen LogP contribution in [0.3, 0.4) is 0 Å². The van der Waals surface area contributed by atoms with E-state index in [4.69, 9.17) is 16.2 Å². The predicted octanol–water partition coefficient (Wildman–Crippen LogP) is 4.39. The van der Waals surface area contributed by atoms with E-state index in [-0.39, 0.29) is 47.9 Å². The number of amides is 1. The summed E-state index contributed by atoms with van der Waals surface area (Å²) in [4.78, 5) is 37.2. The third-order valence-corrected chi connectivity index (χ3v) is 7.63. The summed E-state index contributed by atoms with van der Waals surface area (Å²) in [6.07, 6.45) is -2.46. The quantitative estimate of drug-likeness (QED) is 0.424. The van der Waals surface area contributed by atoms with Crippen LogP contribution in [0.15, 0.2) is 18.2 Å². The zero-order chi connectivity index (χ0) is 29.6. The number of alkyl halides is 3. The van der Waals surface area contributed by atoms with Crippen LogP contribution in [0.1, 0.15) is 91.9 Å². The van der Waals surface area contributed by atoms with Gasteiger partial charge in [-0.3, -0.25) is 14.4 Å². The molecule has 2 aliphatic rings. The minimum absolute atomic E-state index is 0.0103. The number of carbonyl (C=O) groups is 3. The number of ketones is 1. The number of hydrogen-bond donors (Lipinski definition) is 3. The fourth-order valence-corrected chi connectivity index (χ4v) is 5.42. The lowest BCUT2D eigenvalue weighted by atomic mass is 9.75. The monoisotopic (exact) mass is 563 g/mol. The minimum atomic E-state index is -4.80. The van der Waals surface area contributed by atoms with Gasteiger partial charge in [0, 0.05) is 18.2 Å². The molecule has 1 fully saturated rings. The number of hydrogen-bond acceptors (Lipinski definition) is 7. The zero-order valence-electron chi connectivity index (χ0n) is 23.1. The maximum atomic E-state index is 13.9. The topological polar surface area (TPSA) is 142 Å². The molecule has 5 N–H and O–H groups in total. The molecule has 0 unspecified atom stereocenters. The van der Waals surface area contributed by atoms with E-state index < -0.39 is 46.6 Å². The molecule has 1 aromatic heterocycles. The van der Waals surface area contributed by atoms with Crippen molar-refractivity contribution in [2.24, 2.45) is 22.8 Å². The molecule has 12 heteroatoms. The number of halogens is 3. The summed E-state index contributed by atoms with van der Waals surface area (Å²) < 4.78 is 48.4. The Hall–Kier alpha value is -3.41. The van der Waals surface area contributed by atoms with Gasteiger partial charge in [-0.25, -0.2) is 4.68 Å². The van der Waals surface area contributed by atoms with Crippen LogP contribution in [0.25, 0.3) is 5.69 Å². The predicted molar refractivity (Wildman–Crippen MR) is 142 cm³/mol. The standard InChI is InChI=1S/C28H36F3N5O4/c1-14(2)23(32)26(39)40-17-8-5-15(6-9-17)34-19-11-16(7-10-18(19)25(33)38)36-20-12-27(3,4)13-21(37)22(20)24(35-36)28(29,30)31/h7,10-11,14-15,17,23,34H,5-6,8-9,12-13,32H2,1-4H3,(H2,33,38)/t15-,17-,23-/m0/s1. The third-order valence-electron chi connectivity index (χ3n) is 7.63. The van der Waals surface area contributed by atoms with Gasteiger partial charge in [0.1, 0.15) is 12.1 Å². The molecule has 40 heavy (non-hydrogen) atoms. The maximum Gasteiger partial charge on any atom is 0.435 e. The normalized spacial score (nSPS) is 21.6. The summed E-state index contributed by atoms with van der Waals surface area (Å²) in [5.41, 5.74) is 10.3. The van der Waals surface area contributed by atoms with Gasteiger partial charge in [-0.05, 0) is 61.6 Å². The van der Waals surface area contributed by atoms with Gasteiger partial charge >= 0.3 is 12.1 Å². The number of fused-ring (bicyclic) bond motifs is 1. The second kappa shape index (κ2) is 10.9. The highest BCUT2D eigenvalue weighted by Crippen LogP contribution is 2.42. The van der Waals surface area contributed by atoms with E-state index in [1.807, 2.05) is 27.7 Å². The van der Waals surface area contributed by atoms with Crippen LogP contribution in [-0.4, -0.2) is 45.6 Å². The Morgan fingerprint density at radius 1 is 1.15 bits per heavy atom. The molecule has 4 rings (SSSR count). The fourth-order valence-electron chi connectivity index (χ4n) is 5.42. The van der Waals surface area contributed by atoms with Gasteiger partial charge in [-0.2, -0.15) is 18.3 Å². The average Bonchev–Trinajstić information content (AvgIpc) is 3.23. The highest BCUT2D eigenvalue weighted by Gasteiger charge is 2.45. The Morgan fingerprint density at radius 2 is 1.80 bits per heavy atom. The lowest BCUT2D eigenvalue weighted by molar-refractivity contribution is -0.153. The van der Waals surface area contributed by atoms with Crippen molar-refractivity contribution in [2.45, 2.75) is 90.6 Å². The summed E-state index contributed by atoms with van der Waals surface area (Å²) in [7, 11) is 0. The molecule has 0 spiro atoms. The van der Waals surface area contributed by atoms with Crippen molar-refractivity contribution in [3.63, 3.8) is 0 Å². The summed E-state index contributed by atoms with van der Waals surface area (Å²) >= 11 is 0. The molecule has 1 heterocycles. The van der Waals surface area contributed by atoms with Crippen LogP contribution in [0.5, 0.6) is 0 Å². The van der Waals surface area contributed by atoms with Crippen LogP contribution in [-0.2, 0) is 22.1 Å². The summed E-state index contributed by atoms with van der Waals surface area (Å²) in [6.45, 7) is 7.34. The molecule has 2 aromatic rings. The van der Waals surface area contributed by atoms with Crippen molar-refractivity contribution in [1.29, 1.82) is 0 Å². The highest BCUT2D eigenvalue weighted by atomic mass is 19.4. The number of esters is 1. The molecule has 0 aliphatic heterocycles. The summed E-state index contributed by atoms with van der Waals surface area (Å²) in [5.74, 6) is -1.77. The van der Waals surface area contributed by atoms with Crippen LogP contribution in [0.4, 0.5) is 18.9 Å². The van der Waals surface area contributed by atoms with E-state index >= 15 is 0 Å². The molecule has 1 aromatic carbocycles. The molecular weight excluding hydrogens is 527 g/mol. The Kier molecular flexibility index (Phi) is 8.04. The SMILES string of the molecule is CC(C)[C@H](N)C(=O)O[C@H]1CC[C@H](Nc2cc(-n3nc(C(F)(F)F)c4c3CC(C)(C)CC4=O)ccc2C(N)=O)CC1. The largest absolute Gasteiger partial charge is 0.461 e. The number of anilines is 1. The highest BCUT2D eigenvalue weighted by molar-refractivity contribution is 6.00. The molecule has 0 saturated heterocycles. The van der Waals surface area contributed by atoms with Gasteiger partial charge in [0.15, 0.2) is 11.5 Å². The summed E-state index contributed by atoms with van der Waals surface area (Å²) in [5, 5.41) is 7.15. The van der Waals surface area contributed by atoms with Gasteiger partial charge in [-0.15, -0.1) is 0 Å². The molecule has 218 valence electrons. The first-order chi connectivity index (χ1) is 18.6. The number of benzene rings is 1. The number of nitrogens with one attached hydrogen (secondary N) is 1. The second-order valence-corrected chi connectivity index (χ2v) is 11.9. The third kappa shape index (κ3) is 6.16. The molecule has 1 saturated carbocycles. The van der Waals surface area contributed by atoms with Gasteiger partial charge in [0.05, 0.1) is 22.5 Å². The van der Waals surface area contributed by atoms with Crippen molar-refractivity contribution in [3.05, 3.63) is 40.7 Å². The van der Waals surface area contributed by atoms with Crippen LogP contribution < -0.4 is 16.8 Å². The minimum Gasteiger partial charge on any atom is -0.461 e. The number of Topliss-reactive ketones (excluding diaryl/α,β-unsaturated/α-hetero) is 1. The van der Waals surface area contributed by atoms with E-state index in [2.05, 4.69) is 10.4 Å². The first-order valence-electron chi connectivity index (χ1n) is 13.5. The Morgan fingerprint density at radius 3 is 2.38 bits per heavy atom. The van der Waals surface area contributed by atoms with Gasteiger partial charge in [0.2, 0.25) is 0 Å². The number of aromatic nitrogens is 2. The van der Waals surface area contributed by atoms with Gasteiger partial charge in [-0.1, -0.05) is 27.7 Å². The molecule has 1 amide bonds. The molecule has 2 aliphatic carbocycles. The molecule has 9 nitrogen and oxygen atoms in total. The van der Waals surface area contributed by atoms with Crippen molar-refractivity contribution in [3.8, 4) is 5.69 Å². The van der Waals surface area contributed by atoms with E-state index in [0.29, 0.717) is 31.4 Å². The van der Waals surface area contributed by atoms with Crippen molar-refractivity contribution in [2.75, 3.05) is 5.32 Å². The average molecular weight is 564 g/mol. The fraction of sp³-hybridized carbons (Fsp3) is 0.571. The smallest absolute Gasteiger partial charge is 0.435 e. The van der Waals surface area contributed by atoms with E-state index in [0.717, 1.165) is 4.68 Å².